The van der Waals surface area contributed by atoms with Crippen molar-refractivity contribution in [1.29, 1.82) is 10.7 Å². The minimum absolute atomic E-state index is 0.0366. The van der Waals surface area contributed by atoms with E-state index < -0.39 is 17.6 Å². The van der Waals surface area contributed by atoms with Crippen LogP contribution >= 0.6 is 12.6 Å². The zero-order valence-corrected chi connectivity index (χ0v) is 13.0. The molecule has 2 aromatic rings. The van der Waals surface area contributed by atoms with Crippen LogP contribution in [0.2, 0.25) is 0 Å². The van der Waals surface area contributed by atoms with Crippen molar-refractivity contribution in [2.75, 3.05) is 5.32 Å². The maximum Gasteiger partial charge on any atom is 0.337 e. The van der Waals surface area contributed by atoms with Crippen LogP contribution in [0.3, 0.4) is 0 Å². The van der Waals surface area contributed by atoms with Gasteiger partial charge in [0.2, 0.25) is 0 Å². The summed E-state index contributed by atoms with van der Waals surface area (Å²) in [5.74, 6) is -2.50. The third-order valence-electron chi connectivity index (χ3n) is 3.10. The first-order chi connectivity index (χ1) is 11.3. The van der Waals surface area contributed by atoms with Crippen LogP contribution in [0.5, 0.6) is 5.75 Å². The molecule has 0 heterocycles. The van der Waals surface area contributed by atoms with Crippen molar-refractivity contribution in [2.24, 2.45) is 0 Å². The van der Waals surface area contributed by atoms with Crippen LogP contribution in [0, 0.1) is 16.7 Å². The molecular weight excluding hydrogens is 330 g/mol. The zero-order valence-electron chi connectivity index (χ0n) is 12.1. The average Bonchev–Trinajstić information content (AvgIpc) is 2.56. The van der Waals surface area contributed by atoms with Gasteiger partial charge >= 0.3 is 5.97 Å². The number of nitrogens with zero attached hydrogens (tertiary/aromatic N) is 1. The van der Waals surface area contributed by atoms with E-state index in [0.717, 1.165) is 6.07 Å². The number of carbonyl (C=O) groups is 2. The van der Waals surface area contributed by atoms with Gasteiger partial charge in [-0.2, -0.15) is 5.26 Å². The molecule has 1 amide bonds. The summed E-state index contributed by atoms with van der Waals surface area (Å²) in [6.07, 6.45) is 0. The van der Waals surface area contributed by atoms with E-state index in [9.17, 15) is 19.8 Å². The second kappa shape index (κ2) is 6.85. The molecule has 0 aliphatic carbocycles. The molecule has 0 saturated carbocycles. The number of hydrogen-bond acceptors (Lipinski definition) is 6. The van der Waals surface area contributed by atoms with Crippen molar-refractivity contribution in [1.82, 2.24) is 0 Å². The Morgan fingerprint density at radius 2 is 1.88 bits per heavy atom. The Morgan fingerprint density at radius 3 is 2.50 bits per heavy atom. The van der Waals surface area contributed by atoms with Crippen molar-refractivity contribution >= 4 is 35.9 Å². The molecule has 24 heavy (non-hydrogen) atoms. The summed E-state index contributed by atoms with van der Waals surface area (Å²) in [6.45, 7) is 0. The Bertz CT molecular complexity index is 903. The van der Waals surface area contributed by atoms with Gasteiger partial charge in [0.25, 0.3) is 5.91 Å². The highest BCUT2D eigenvalue weighted by Gasteiger charge is 2.19. The van der Waals surface area contributed by atoms with E-state index in [1.165, 1.54) is 30.3 Å². The quantitative estimate of drug-likeness (QED) is 0.429. The summed E-state index contributed by atoms with van der Waals surface area (Å²) < 4.78 is 0. The number of thiol groups is 1. The SMILES string of the molecule is N#Cc1ccc(NC(=O)C(=N)c2cc(S)ccc2O)c(C(=O)O)c1. The van der Waals surface area contributed by atoms with Crippen LogP contribution < -0.4 is 5.32 Å². The van der Waals surface area contributed by atoms with E-state index in [-0.39, 0.29) is 28.1 Å². The number of aromatic carboxylic acids is 1. The van der Waals surface area contributed by atoms with Gasteiger partial charge in [0.05, 0.1) is 22.9 Å². The zero-order chi connectivity index (χ0) is 17.9. The third kappa shape index (κ3) is 3.53. The normalized spacial score (nSPS) is 9.83. The van der Waals surface area contributed by atoms with Gasteiger partial charge in [0.1, 0.15) is 11.5 Å². The van der Waals surface area contributed by atoms with Gasteiger partial charge in [-0.1, -0.05) is 0 Å². The van der Waals surface area contributed by atoms with Crippen molar-refractivity contribution in [3.8, 4) is 11.8 Å². The number of hydrogen-bond donors (Lipinski definition) is 5. The lowest BCUT2D eigenvalue weighted by Crippen LogP contribution is -2.24. The molecule has 0 aromatic heterocycles. The summed E-state index contributed by atoms with van der Waals surface area (Å²) in [7, 11) is 0. The highest BCUT2D eigenvalue weighted by atomic mass is 32.1. The second-order valence-electron chi connectivity index (χ2n) is 4.71. The average molecular weight is 341 g/mol. The van der Waals surface area contributed by atoms with Crippen LogP contribution in [-0.2, 0) is 4.79 Å². The Morgan fingerprint density at radius 1 is 1.17 bits per heavy atom. The Kier molecular flexibility index (Phi) is 4.87. The number of benzene rings is 2. The second-order valence-corrected chi connectivity index (χ2v) is 5.22. The summed E-state index contributed by atoms with van der Waals surface area (Å²) in [5, 5.41) is 37.9. The number of carboxylic acids is 1. The van der Waals surface area contributed by atoms with Gasteiger partial charge in [-0.3, -0.25) is 10.2 Å². The Balaban J connectivity index is 2.33. The molecular formula is C16H11N3O4S. The first-order valence-corrected chi connectivity index (χ1v) is 6.98. The van der Waals surface area contributed by atoms with Gasteiger partial charge < -0.3 is 15.5 Å². The van der Waals surface area contributed by atoms with E-state index in [1.54, 1.807) is 6.07 Å². The summed E-state index contributed by atoms with van der Waals surface area (Å²) >= 11 is 4.08. The molecule has 0 aliphatic heterocycles. The monoisotopic (exact) mass is 341 g/mol. The molecule has 2 rings (SSSR count). The molecule has 0 radical (unpaired) electrons. The standard InChI is InChI=1S/C16H11N3O4S/c17-7-8-1-3-12(10(5-8)16(22)23)19-15(21)14(18)11-6-9(24)2-4-13(11)20/h1-6,18,20,24H,(H,19,21)(H,22,23). The van der Waals surface area contributed by atoms with E-state index in [4.69, 9.17) is 10.7 Å². The molecule has 120 valence electrons. The number of anilines is 1. The van der Waals surface area contributed by atoms with Gasteiger partial charge in [-0.05, 0) is 36.4 Å². The highest BCUT2D eigenvalue weighted by molar-refractivity contribution is 7.80. The number of aromatic hydroxyl groups is 1. The van der Waals surface area contributed by atoms with Crippen LogP contribution in [0.25, 0.3) is 0 Å². The third-order valence-corrected chi connectivity index (χ3v) is 3.38. The predicted molar refractivity (Wildman–Crippen MR) is 88.9 cm³/mol. The van der Waals surface area contributed by atoms with Crippen molar-refractivity contribution in [3.05, 3.63) is 53.1 Å². The molecule has 0 saturated heterocycles. The number of rotatable bonds is 4. The van der Waals surface area contributed by atoms with E-state index in [2.05, 4.69) is 17.9 Å². The number of phenolic OH excluding ortho intramolecular Hbond substituents is 1. The number of carboxylic acid groups (broad SMARTS) is 1. The van der Waals surface area contributed by atoms with Crippen molar-refractivity contribution in [2.45, 2.75) is 4.90 Å². The fraction of sp³-hybridized carbons (Fsp3) is 0. The molecule has 4 N–H and O–H groups in total. The van der Waals surface area contributed by atoms with Crippen LogP contribution in [0.4, 0.5) is 5.69 Å². The molecule has 8 heteroatoms. The predicted octanol–water partition coefficient (Wildman–Crippen LogP) is 2.26. The first kappa shape index (κ1) is 17.1. The lowest BCUT2D eigenvalue weighted by Gasteiger charge is -2.11. The molecule has 0 bridgehead atoms. The van der Waals surface area contributed by atoms with Crippen molar-refractivity contribution in [3.63, 3.8) is 0 Å². The summed E-state index contributed by atoms with van der Waals surface area (Å²) in [6, 6.07) is 9.67. The molecule has 0 spiro atoms. The van der Waals surface area contributed by atoms with Crippen LogP contribution in [0.1, 0.15) is 21.5 Å². The first-order valence-electron chi connectivity index (χ1n) is 6.53. The van der Waals surface area contributed by atoms with Crippen LogP contribution in [-0.4, -0.2) is 27.8 Å². The smallest absolute Gasteiger partial charge is 0.337 e. The van der Waals surface area contributed by atoms with Gasteiger partial charge in [-0.25, -0.2) is 4.79 Å². The lowest BCUT2D eigenvalue weighted by molar-refractivity contribution is -0.110. The maximum absolute atomic E-state index is 12.2. The largest absolute Gasteiger partial charge is 0.507 e. The highest BCUT2D eigenvalue weighted by Crippen LogP contribution is 2.22. The topological polar surface area (TPSA) is 134 Å². The number of amides is 1. The number of phenols is 1. The fourth-order valence-electron chi connectivity index (χ4n) is 1.93. The maximum atomic E-state index is 12.2. The minimum atomic E-state index is -1.32. The molecule has 0 atom stereocenters. The Hall–Kier alpha value is -3.31. The molecule has 0 fully saturated rings. The van der Waals surface area contributed by atoms with Crippen LogP contribution in [0.15, 0.2) is 41.3 Å². The lowest BCUT2D eigenvalue weighted by atomic mass is 10.1. The van der Waals surface area contributed by atoms with Gasteiger partial charge in [0.15, 0.2) is 0 Å². The van der Waals surface area contributed by atoms with Gasteiger partial charge in [0, 0.05) is 10.5 Å². The van der Waals surface area contributed by atoms with E-state index >= 15 is 0 Å². The molecule has 0 aliphatic rings. The molecule has 2 aromatic carbocycles. The molecule has 7 nitrogen and oxygen atoms in total. The van der Waals surface area contributed by atoms with Crippen molar-refractivity contribution < 1.29 is 19.8 Å². The number of nitrogens with one attached hydrogen (secondary N) is 2. The molecule has 0 unspecified atom stereocenters. The van der Waals surface area contributed by atoms with E-state index in [0.29, 0.717) is 4.90 Å². The Labute approximate surface area is 142 Å². The van der Waals surface area contributed by atoms with E-state index in [1.807, 2.05) is 0 Å². The summed E-state index contributed by atoms with van der Waals surface area (Å²) in [5.41, 5.74) is -0.796. The van der Waals surface area contributed by atoms with Gasteiger partial charge in [-0.15, -0.1) is 12.6 Å². The summed E-state index contributed by atoms with van der Waals surface area (Å²) in [4.78, 5) is 23.9. The fourth-order valence-corrected chi connectivity index (χ4v) is 2.13. The number of nitriles is 1. The number of carbonyl (C=O) groups excluding carboxylic acids is 1. The minimum Gasteiger partial charge on any atom is -0.507 e.